The van der Waals surface area contributed by atoms with E-state index < -0.39 is 5.97 Å². The van der Waals surface area contributed by atoms with Crippen molar-refractivity contribution >= 4 is 11.7 Å². The van der Waals surface area contributed by atoms with Gasteiger partial charge in [-0.3, -0.25) is 0 Å². The lowest BCUT2D eigenvalue weighted by Gasteiger charge is -2.19. The van der Waals surface area contributed by atoms with Gasteiger partial charge >= 0.3 is 5.97 Å². The summed E-state index contributed by atoms with van der Waals surface area (Å²) in [5.41, 5.74) is 7.48. The Labute approximate surface area is 124 Å². The Hall–Kier alpha value is -2.49. The molecule has 4 heteroatoms. The third-order valence-electron chi connectivity index (χ3n) is 3.18. The maximum absolute atomic E-state index is 11.2. The monoisotopic (exact) mass is 285 g/mol. The van der Waals surface area contributed by atoms with Crippen LogP contribution in [0.3, 0.4) is 0 Å². The first-order valence-electron chi connectivity index (χ1n) is 6.68. The summed E-state index contributed by atoms with van der Waals surface area (Å²) in [7, 11) is 0. The minimum Gasteiger partial charge on any atom is -0.478 e. The average Bonchev–Trinajstić information content (AvgIpc) is 2.38. The van der Waals surface area contributed by atoms with Crippen molar-refractivity contribution in [3.8, 4) is 11.5 Å². The number of benzene rings is 2. The molecule has 0 aromatic heterocycles. The second kappa shape index (κ2) is 5.48. The summed E-state index contributed by atoms with van der Waals surface area (Å²) in [5.74, 6) is -0.224. The van der Waals surface area contributed by atoms with Crippen LogP contribution < -0.4 is 10.5 Å². The number of carboxylic acid groups (broad SMARTS) is 1. The van der Waals surface area contributed by atoms with Crippen molar-refractivity contribution in [2.45, 2.75) is 26.2 Å². The first kappa shape index (κ1) is 14.9. The van der Waals surface area contributed by atoms with E-state index in [0.717, 1.165) is 0 Å². The number of carbonyl (C=O) groups is 1. The van der Waals surface area contributed by atoms with E-state index in [9.17, 15) is 4.79 Å². The molecule has 0 radical (unpaired) electrons. The van der Waals surface area contributed by atoms with E-state index in [2.05, 4.69) is 20.8 Å². The van der Waals surface area contributed by atoms with Gasteiger partial charge in [-0.1, -0.05) is 32.9 Å². The lowest BCUT2D eigenvalue weighted by molar-refractivity contribution is 0.0694. The van der Waals surface area contributed by atoms with Gasteiger partial charge in [-0.25, -0.2) is 4.79 Å². The van der Waals surface area contributed by atoms with Gasteiger partial charge in [0, 0.05) is 11.8 Å². The van der Waals surface area contributed by atoms with Crippen molar-refractivity contribution in [1.29, 1.82) is 0 Å². The molecular weight excluding hydrogens is 266 g/mol. The fourth-order valence-corrected chi connectivity index (χ4v) is 1.95. The third-order valence-corrected chi connectivity index (χ3v) is 3.18. The number of anilines is 1. The highest BCUT2D eigenvalue weighted by atomic mass is 16.5. The fraction of sp³-hybridized carbons (Fsp3) is 0.235. The molecule has 21 heavy (non-hydrogen) atoms. The van der Waals surface area contributed by atoms with Gasteiger partial charge < -0.3 is 15.6 Å². The van der Waals surface area contributed by atoms with Gasteiger partial charge in [0.25, 0.3) is 0 Å². The quantitative estimate of drug-likeness (QED) is 0.834. The van der Waals surface area contributed by atoms with Gasteiger partial charge in [-0.2, -0.15) is 0 Å². The maximum atomic E-state index is 11.2. The number of aromatic carboxylic acids is 1. The lowest BCUT2D eigenvalue weighted by atomic mass is 9.87. The number of ether oxygens (including phenoxy) is 1. The minimum atomic E-state index is -1.05. The highest BCUT2D eigenvalue weighted by Gasteiger charge is 2.15. The molecular formula is C17H19NO3. The number of hydrogen-bond acceptors (Lipinski definition) is 3. The fourth-order valence-electron chi connectivity index (χ4n) is 1.95. The molecule has 0 heterocycles. The van der Waals surface area contributed by atoms with Crippen LogP contribution in [-0.4, -0.2) is 11.1 Å². The zero-order chi connectivity index (χ0) is 15.6. The van der Waals surface area contributed by atoms with E-state index >= 15 is 0 Å². The van der Waals surface area contributed by atoms with Crippen LogP contribution in [-0.2, 0) is 5.41 Å². The smallest absolute Gasteiger partial charge is 0.339 e. The Bertz CT molecular complexity index is 655. The Morgan fingerprint density at radius 3 is 2.24 bits per heavy atom. The first-order chi connectivity index (χ1) is 9.77. The third kappa shape index (κ3) is 3.54. The molecule has 0 atom stereocenters. The molecule has 0 aliphatic carbocycles. The highest BCUT2D eigenvalue weighted by molar-refractivity contribution is 5.91. The lowest BCUT2D eigenvalue weighted by Crippen LogP contribution is -2.10. The van der Waals surface area contributed by atoms with Gasteiger partial charge in [-0.05, 0) is 35.2 Å². The van der Waals surface area contributed by atoms with Crippen molar-refractivity contribution in [2.75, 3.05) is 5.73 Å². The van der Waals surface area contributed by atoms with Crippen LogP contribution >= 0.6 is 0 Å². The molecule has 0 amide bonds. The summed E-state index contributed by atoms with van der Waals surface area (Å²) in [4.78, 5) is 11.2. The Kier molecular flexibility index (Phi) is 3.89. The van der Waals surface area contributed by atoms with E-state index in [1.165, 1.54) is 17.7 Å². The van der Waals surface area contributed by atoms with Crippen LogP contribution in [0.15, 0.2) is 42.5 Å². The molecule has 0 aliphatic heterocycles. The second-order valence-electron chi connectivity index (χ2n) is 5.94. The van der Waals surface area contributed by atoms with E-state index in [1.807, 2.05) is 24.3 Å². The van der Waals surface area contributed by atoms with E-state index in [-0.39, 0.29) is 16.7 Å². The van der Waals surface area contributed by atoms with Gasteiger partial charge in [0.05, 0.1) is 0 Å². The molecule has 4 nitrogen and oxygen atoms in total. The predicted octanol–water partition coefficient (Wildman–Crippen LogP) is 4.06. The van der Waals surface area contributed by atoms with Gasteiger partial charge in [0.15, 0.2) is 0 Å². The summed E-state index contributed by atoms with van der Waals surface area (Å²) < 4.78 is 5.66. The molecule has 0 fully saturated rings. The summed E-state index contributed by atoms with van der Waals surface area (Å²) >= 11 is 0. The molecule has 0 bridgehead atoms. The topological polar surface area (TPSA) is 72.5 Å². The Morgan fingerprint density at radius 2 is 1.71 bits per heavy atom. The maximum Gasteiger partial charge on any atom is 0.339 e. The summed E-state index contributed by atoms with van der Waals surface area (Å²) in [5, 5.41) is 9.16. The van der Waals surface area contributed by atoms with Crippen LogP contribution in [0, 0.1) is 0 Å². The average molecular weight is 285 g/mol. The van der Waals surface area contributed by atoms with Crippen molar-refractivity contribution in [3.05, 3.63) is 53.6 Å². The molecule has 0 saturated carbocycles. The number of nitrogen functional groups attached to an aromatic ring is 1. The molecule has 3 N–H and O–H groups in total. The van der Waals surface area contributed by atoms with Crippen molar-refractivity contribution < 1.29 is 14.6 Å². The summed E-state index contributed by atoms with van der Waals surface area (Å²) in [6, 6.07) is 12.1. The molecule has 2 aromatic rings. The van der Waals surface area contributed by atoms with Crippen LogP contribution in [0.25, 0.3) is 0 Å². The van der Waals surface area contributed by atoms with E-state index in [0.29, 0.717) is 11.4 Å². The number of hydrogen-bond donors (Lipinski definition) is 2. The van der Waals surface area contributed by atoms with Crippen LogP contribution in [0.5, 0.6) is 11.5 Å². The Morgan fingerprint density at radius 1 is 1.10 bits per heavy atom. The van der Waals surface area contributed by atoms with Crippen LogP contribution in [0.2, 0.25) is 0 Å². The van der Waals surface area contributed by atoms with Gasteiger partial charge in [0.2, 0.25) is 0 Å². The van der Waals surface area contributed by atoms with E-state index in [1.54, 1.807) is 6.07 Å². The van der Waals surface area contributed by atoms with Crippen LogP contribution in [0.1, 0.15) is 36.7 Å². The van der Waals surface area contributed by atoms with Gasteiger partial charge in [0.1, 0.15) is 17.1 Å². The highest BCUT2D eigenvalue weighted by Crippen LogP contribution is 2.30. The van der Waals surface area contributed by atoms with Crippen molar-refractivity contribution in [2.24, 2.45) is 0 Å². The molecule has 2 aromatic carbocycles. The molecule has 2 rings (SSSR count). The predicted molar refractivity (Wildman–Crippen MR) is 83.0 cm³/mol. The number of nitrogens with two attached hydrogens (primary N) is 1. The molecule has 0 unspecified atom stereocenters. The standard InChI is InChI=1S/C17H19NO3/c1-17(2,3)11-4-7-13(8-5-11)21-15-10-12(18)6-9-14(15)16(19)20/h4-10H,18H2,1-3H3,(H,19,20). The first-order valence-corrected chi connectivity index (χ1v) is 6.68. The molecule has 0 spiro atoms. The molecule has 110 valence electrons. The largest absolute Gasteiger partial charge is 0.478 e. The zero-order valence-electron chi connectivity index (χ0n) is 12.4. The van der Waals surface area contributed by atoms with Gasteiger partial charge in [-0.15, -0.1) is 0 Å². The number of rotatable bonds is 3. The minimum absolute atomic E-state index is 0.0575. The van der Waals surface area contributed by atoms with Crippen LogP contribution in [0.4, 0.5) is 5.69 Å². The number of carboxylic acids is 1. The second-order valence-corrected chi connectivity index (χ2v) is 5.94. The molecule has 0 saturated heterocycles. The summed E-state index contributed by atoms with van der Waals surface area (Å²) in [6.07, 6.45) is 0. The zero-order valence-corrected chi connectivity index (χ0v) is 12.4. The van der Waals surface area contributed by atoms with Crippen molar-refractivity contribution in [3.63, 3.8) is 0 Å². The van der Waals surface area contributed by atoms with E-state index in [4.69, 9.17) is 15.6 Å². The SMILES string of the molecule is CC(C)(C)c1ccc(Oc2cc(N)ccc2C(=O)O)cc1. The Balaban J connectivity index is 2.30. The normalized spacial score (nSPS) is 11.2. The van der Waals surface area contributed by atoms with Crippen molar-refractivity contribution in [1.82, 2.24) is 0 Å². The summed E-state index contributed by atoms with van der Waals surface area (Å²) in [6.45, 7) is 6.38. The molecule has 0 aliphatic rings.